The van der Waals surface area contributed by atoms with Crippen LogP contribution in [0.1, 0.15) is 11.1 Å². The Morgan fingerprint density at radius 2 is 1.86 bits per heavy atom. The van der Waals surface area contributed by atoms with E-state index in [-0.39, 0.29) is 5.71 Å². The summed E-state index contributed by atoms with van der Waals surface area (Å²) in [7, 11) is 1.54. The standard InChI is InChI=1S/C17H18FN3/c1-12-6-8-14(9-7-12)21-15-5-3-4-13(10-15)17(20-2)16(18)11-19/h3-11,21H,19H2,1-2H3. The number of hydrogen-bond donors (Lipinski definition) is 2. The summed E-state index contributed by atoms with van der Waals surface area (Å²) in [4.78, 5) is 3.95. The van der Waals surface area contributed by atoms with E-state index in [1.54, 1.807) is 13.1 Å². The van der Waals surface area contributed by atoms with Gasteiger partial charge >= 0.3 is 0 Å². The topological polar surface area (TPSA) is 50.4 Å². The Balaban J connectivity index is 2.27. The fraction of sp³-hybridized carbons (Fsp3) is 0.118. The molecule has 0 radical (unpaired) electrons. The van der Waals surface area contributed by atoms with Crippen molar-refractivity contribution < 1.29 is 4.39 Å². The highest BCUT2D eigenvalue weighted by atomic mass is 19.1. The third kappa shape index (κ3) is 3.69. The van der Waals surface area contributed by atoms with Crippen LogP contribution in [-0.4, -0.2) is 12.8 Å². The molecule has 0 saturated heterocycles. The zero-order valence-corrected chi connectivity index (χ0v) is 12.1. The molecule has 0 heterocycles. The number of hydrogen-bond acceptors (Lipinski definition) is 3. The van der Waals surface area contributed by atoms with E-state index in [1.807, 2.05) is 49.4 Å². The van der Waals surface area contributed by atoms with Crippen LogP contribution in [0.3, 0.4) is 0 Å². The molecular weight excluding hydrogens is 265 g/mol. The van der Waals surface area contributed by atoms with Gasteiger partial charge in [-0.25, -0.2) is 4.39 Å². The first-order valence-electron chi connectivity index (χ1n) is 6.62. The minimum atomic E-state index is -0.537. The first kappa shape index (κ1) is 14.8. The lowest BCUT2D eigenvalue weighted by Crippen LogP contribution is -2.04. The highest BCUT2D eigenvalue weighted by Gasteiger charge is 2.09. The van der Waals surface area contributed by atoms with Gasteiger partial charge in [0.15, 0.2) is 5.83 Å². The Hall–Kier alpha value is -2.62. The van der Waals surface area contributed by atoms with Crippen LogP contribution >= 0.6 is 0 Å². The molecule has 0 saturated carbocycles. The van der Waals surface area contributed by atoms with E-state index in [1.165, 1.54) is 5.56 Å². The van der Waals surface area contributed by atoms with Crippen LogP contribution < -0.4 is 11.1 Å². The van der Waals surface area contributed by atoms with Crippen molar-refractivity contribution in [1.82, 2.24) is 0 Å². The molecule has 0 bridgehead atoms. The van der Waals surface area contributed by atoms with Crippen molar-refractivity contribution in [1.29, 1.82) is 0 Å². The fourth-order valence-electron chi connectivity index (χ4n) is 2.00. The molecule has 108 valence electrons. The van der Waals surface area contributed by atoms with Gasteiger partial charge in [0.2, 0.25) is 0 Å². The van der Waals surface area contributed by atoms with Gasteiger partial charge in [0.05, 0.1) is 0 Å². The second-order valence-electron chi connectivity index (χ2n) is 4.66. The van der Waals surface area contributed by atoms with Crippen LogP contribution in [0.2, 0.25) is 0 Å². The van der Waals surface area contributed by atoms with Crippen molar-refractivity contribution in [2.75, 3.05) is 12.4 Å². The van der Waals surface area contributed by atoms with Crippen molar-refractivity contribution in [2.24, 2.45) is 10.7 Å². The van der Waals surface area contributed by atoms with Crippen molar-refractivity contribution >= 4 is 17.1 Å². The van der Waals surface area contributed by atoms with Gasteiger partial charge in [-0.1, -0.05) is 29.8 Å². The molecule has 2 aromatic rings. The summed E-state index contributed by atoms with van der Waals surface area (Å²) < 4.78 is 13.7. The Morgan fingerprint density at radius 1 is 1.14 bits per heavy atom. The van der Waals surface area contributed by atoms with Crippen LogP contribution in [0.5, 0.6) is 0 Å². The quantitative estimate of drug-likeness (QED) is 0.835. The molecule has 0 atom stereocenters. The first-order chi connectivity index (χ1) is 10.1. The smallest absolute Gasteiger partial charge is 0.164 e. The summed E-state index contributed by atoms with van der Waals surface area (Å²) in [6.07, 6.45) is 0.919. The molecule has 21 heavy (non-hydrogen) atoms. The van der Waals surface area contributed by atoms with Crippen LogP contribution in [0.25, 0.3) is 0 Å². The molecule has 0 fully saturated rings. The summed E-state index contributed by atoms with van der Waals surface area (Å²) >= 11 is 0. The molecule has 3 nitrogen and oxygen atoms in total. The molecule has 0 aromatic heterocycles. The molecule has 2 rings (SSSR count). The molecular formula is C17H18FN3. The van der Waals surface area contributed by atoms with Gasteiger partial charge in [-0.15, -0.1) is 0 Å². The second kappa shape index (κ2) is 6.70. The van der Waals surface area contributed by atoms with E-state index < -0.39 is 5.83 Å². The summed E-state index contributed by atoms with van der Waals surface area (Å²) in [5.74, 6) is -0.537. The number of rotatable bonds is 4. The molecule has 0 spiro atoms. The number of aliphatic imine (C=N–C) groups is 1. The average molecular weight is 283 g/mol. The van der Waals surface area contributed by atoms with Crippen LogP contribution in [-0.2, 0) is 0 Å². The third-order valence-electron chi connectivity index (χ3n) is 3.07. The molecule has 3 N–H and O–H groups in total. The Kier molecular flexibility index (Phi) is 4.72. The maximum Gasteiger partial charge on any atom is 0.164 e. The highest BCUT2D eigenvalue weighted by molar-refractivity contribution is 6.11. The van der Waals surface area contributed by atoms with Crippen molar-refractivity contribution in [3.63, 3.8) is 0 Å². The lowest BCUT2D eigenvalue weighted by molar-refractivity contribution is 0.678. The zero-order chi connectivity index (χ0) is 15.2. The molecule has 0 amide bonds. The minimum absolute atomic E-state index is 0.241. The van der Waals surface area contributed by atoms with Gasteiger partial charge in [-0.05, 0) is 31.2 Å². The SMILES string of the molecule is CN=C(C(F)=CN)c1cccc(Nc2ccc(C)cc2)c1. The zero-order valence-electron chi connectivity index (χ0n) is 12.1. The number of nitrogens with two attached hydrogens (primary N) is 1. The maximum absolute atomic E-state index is 13.7. The maximum atomic E-state index is 13.7. The number of aryl methyl sites for hydroxylation is 1. The number of benzene rings is 2. The van der Waals surface area contributed by atoms with Gasteiger partial charge in [0.1, 0.15) is 5.71 Å². The van der Waals surface area contributed by atoms with Gasteiger partial charge < -0.3 is 11.1 Å². The number of anilines is 2. The van der Waals surface area contributed by atoms with E-state index in [4.69, 9.17) is 5.73 Å². The number of halogens is 1. The lowest BCUT2D eigenvalue weighted by atomic mass is 10.1. The highest BCUT2D eigenvalue weighted by Crippen LogP contribution is 2.20. The molecule has 4 heteroatoms. The molecule has 2 aromatic carbocycles. The summed E-state index contributed by atoms with van der Waals surface area (Å²) in [6.45, 7) is 2.04. The summed E-state index contributed by atoms with van der Waals surface area (Å²) in [5.41, 5.74) is 9.18. The summed E-state index contributed by atoms with van der Waals surface area (Å²) in [5, 5.41) is 3.28. The molecule has 0 aliphatic rings. The number of nitrogens with one attached hydrogen (secondary N) is 1. The number of allylic oxidation sites excluding steroid dienone is 1. The number of nitrogens with zero attached hydrogens (tertiary/aromatic N) is 1. The molecule has 0 aliphatic carbocycles. The normalized spacial score (nSPS) is 12.3. The largest absolute Gasteiger partial charge is 0.402 e. The second-order valence-corrected chi connectivity index (χ2v) is 4.66. The fourth-order valence-corrected chi connectivity index (χ4v) is 2.00. The van der Waals surface area contributed by atoms with E-state index in [0.717, 1.165) is 17.6 Å². The van der Waals surface area contributed by atoms with Crippen LogP contribution in [0.4, 0.5) is 15.8 Å². The predicted molar refractivity (Wildman–Crippen MR) is 86.7 cm³/mol. The van der Waals surface area contributed by atoms with E-state index in [2.05, 4.69) is 10.3 Å². The van der Waals surface area contributed by atoms with Gasteiger partial charge in [0, 0.05) is 30.2 Å². The minimum Gasteiger partial charge on any atom is -0.402 e. The van der Waals surface area contributed by atoms with Gasteiger partial charge in [0.25, 0.3) is 0 Å². The van der Waals surface area contributed by atoms with Crippen molar-refractivity contribution in [3.05, 3.63) is 71.7 Å². The predicted octanol–water partition coefficient (Wildman–Crippen LogP) is 3.93. The Labute approximate surface area is 124 Å². The van der Waals surface area contributed by atoms with Gasteiger partial charge in [-0.3, -0.25) is 4.99 Å². The van der Waals surface area contributed by atoms with E-state index in [0.29, 0.717) is 5.56 Å². The average Bonchev–Trinajstić information content (AvgIpc) is 2.50. The lowest BCUT2D eigenvalue weighted by Gasteiger charge is -2.09. The monoisotopic (exact) mass is 283 g/mol. The van der Waals surface area contributed by atoms with Crippen molar-refractivity contribution in [2.45, 2.75) is 6.92 Å². The Morgan fingerprint density at radius 3 is 2.48 bits per heavy atom. The Bertz CT molecular complexity index is 673. The summed E-state index contributed by atoms with van der Waals surface area (Å²) in [6, 6.07) is 15.5. The third-order valence-corrected chi connectivity index (χ3v) is 3.07. The first-order valence-corrected chi connectivity index (χ1v) is 6.62. The van der Waals surface area contributed by atoms with E-state index >= 15 is 0 Å². The van der Waals surface area contributed by atoms with Crippen LogP contribution in [0, 0.1) is 6.92 Å². The van der Waals surface area contributed by atoms with Crippen LogP contribution in [0.15, 0.2) is 65.6 Å². The van der Waals surface area contributed by atoms with Crippen molar-refractivity contribution in [3.8, 4) is 0 Å². The molecule has 0 unspecified atom stereocenters. The molecule has 0 aliphatic heterocycles. The van der Waals surface area contributed by atoms with Gasteiger partial charge in [-0.2, -0.15) is 0 Å². The van der Waals surface area contributed by atoms with E-state index in [9.17, 15) is 4.39 Å².